The molecule has 0 amide bonds. The first-order valence-electron chi connectivity index (χ1n) is 6.29. The van der Waals surface area contributed by atoms with Gasteiger partial charge in [0.25, 0.3) is 0 Å². The lowest BCUT2D eigenvalue weighted by atomic mass is 9.92. The van der Waals surface area contributed by atoms with Gasteiger partial charge in [-0.2, -0.15) is 0 Å². The molecule has 1 aromatic heterocycles. The van der Waals surface area contributed by atoms with Gasteiger partial charge in [0.05, 0.1) is 0 Å². The Bertz CT molecular complexity index is 436. The normalized spacial score (nSPS) is 25.2. The van der Waals surface area contributed by atoms with Gasteiger partial charge in [0.1, 0.15) is 5.82 Å². The third kappa shape index (κ3) is 2.72. The molecule has 0 bridgehead atoms. The van der Waals surface area contributed by atoms with Crippen LogP contribution in [-0.4, -0.2) is 29.1 Å². The third-order valence-electron chi connectivity index (χ3n) is 3.34. The molecule has 3 N–H and O–H groups in total. The number of rotatable bonds is 2. The average molecular weight is 248 g/mol. The van der Waals surface area contributed by atoms with Crippen LogP contribution in [0.2, 0.25) is 0 Å². The van der Waals surface area contributed by atoms with E-state index in [2.05, 4.69) is 28.9 Å². The van der Waals surface area contributed by atoms with E-state index in [1.165, 1.54) is 6.42 Å². The number of hydrogen-bond donors (Lipinski definition) is 2. The highest BCUT2D eigenvalue weighted by atomic mass is 16.4. The van der Waals surface area contributed by atoms with Crippen molar-refractivity contribution in [3.8, 4) is 0 Å². The van der Waals surface area contributed by atoms with Crippen molar-refractivity contribution >= 4 is 11.7 Å². The molecule has 0 aliphatic carbocycles. The average Bonchev–Trinajstić information content (AvgIpc) is 2.37. The Balaban J connectivity index is 2.22. The van der Waals surface area contributed by atoms with Crippen LogP contribution >= 0.6 is 0 Å². The van der Waals surface area contributed by atoms with Gasteiger partial charge in [-0.1, -0.05) is 19.0 Å². The van der Waals surface area contributed by atoms with Crippen LogP contribution in [0.15, 0.2) is 23.5 Å². The van der Waals surface area contributed by atoms with Gasteiger partial charge in [-0.25, -0.2) is 4.98 Å². The largest absolute Gasteiger partial charge is 0.409 e. The third-order valence-corrected chi connectivity index (χ3v) is 3.34. The summed E-state index contributed by atoms with van der Waals surface area (Å²) >= 11 is 0. The Morgan fingerprint density at radius 1 is 1.44 bits per heavy atom. The first-order chi connectivity index (χ1) is 8.60. The summed E-state index contributed by atoms with van der Waals surface area (Å²) in [5.74, 6) is 2.36. The lowest BCUT2D eigenvalue weighted by Crippen LogP contribution is -2.39. The van der Waals surface area contributed by atoms with Crippen LogP contribution < -0.4 is 10.6 Å². The van der Waals surface area contributed by atoms with Gasteiger partial charge >= 0.3 is 0 Å². The summed E-state index contributed by atoms with van der Waals surface area (Å²) in [4.78, 5) is 6.65. The fourth-order valence-electron chi connectivity index (χ4n) is 2.66. The summed E-state index contributed by atoms with van der Waals surface area (Å²) in [5.41, 5.74) is 6.30. The van der Waals surface area contributed by atoms with Crippen LogP contribution in [0, 0.1) is 11.8 Å². The molecule has 5 nitrogen and oxygen atoms in total. The summed E-state index contributed by atoms with van der Waals surface area (Å²) in [6.45, 7) is 6.54. The zero-order valence-corrected chi connectivity index (χ0v) is 10.9. The summed E-state index contributed by atoms with van der Waals surface area (Å²) in [6, 6.07) is 3.62. The zero-order valence-electron chi connectivity index (χ0n) is 10.9. The fourth-order valence-corrected chi connectivity index (χ4v) is 2.66. The number of pyridine rings is 1. The molecule has 18 heavy (non-hydrogen) atoms. The molecule has 98 valence electrons. The number of aromatic nitrogens is 1. The van der Waals surface area contributed by atoms with E-state index in [4.69, 9.17) is 10.9 Å². The molecule has 0 spiro atoms. The Morgan fingerprint density at radius 2 is 2.11 bits per heavy atom. The van der Waals surface area contributed by atoms with E-state index in [9.17, 15) is 0 Å². The first kappa shape index (κ1) is 12.7. The SMILES string of the molecule is CC1CC(C)CN(c2cc(/C(N)=N/O)ccn2)C1. The number of oxime groups is 1. The lowest BCUT2D eigenvalue weighted by Gasteiger charge is -2.35. The van der Waals surface area contributed by atoms with Crippen molar-refractivity contribution in [2.45, 2.75) is 20.3 Å². The smallest absolute Gasteiger partial charge is 0.170 e. The molecule has 1 saturated heterocycles. The second kappa shape index (κ2) is 5.25. The lowest BCUT2D eigenvalue weighted by molar-refractivity contribution is 0.318. The molecule has 0 aromatic carbocycles. The number of amidine groups is 1. The van der Waals surface area contributed by atoms with Crippen LogP contribution in [0.1, 0.15) is 25.8 Å². The van der Waals surface area contributed by atoms with Crippen LogP contribution in [0.25, 0.3) is 0 Å². The van der Waals surface area contributed by atoms with Gasteiger partial charge in [-0.3, -0.25) is 0 Å². The molecule has 2 atom stereocenters. The molecule has 1 aliphatic rings. The van der Waals surface area contributed by atoms with E-state index in [1.54, 1.807) is 12.3 Å². The predicted molar refractivity (Wildman–Crippen MR) is 71.9 cm³/mol. The number of hydrogen-bond acceptors (Lipinski definition) is 4. The van der Waals surface area contributed by atoms with E-state index in [0.717, 1.165) is 18.9 Å². The number of nitrogens with zero attached hydrogens (tertiary/aromatic N) is 3. The molecule has 2 heterocycles. The second-order valence-corrected chi connectivity index (χ2v) is 5.24. The first-order valence-corrected chi connectivity index (χ1v) is 6.29. The van der Waals surface area contributed by atoms with Gasteiger partial charge in [-0.15, -0.1) is 0 Å². The maximum atomic E-state index is 8.70. The minimum absolute atomic E-state index is 0.122. The number of nitrogens with two attached hydrogens (primary N) is 1. The molecule has 0 saturated carbocycles. The summed E-state index contributed by atoms with van der Waals surface area (Å²) in [6.07, 6.45) is 2.96. The molecule has 1 aromatic rings. The molecule has 5 heteroatoms. The quantitative estimate of drug-likeness (QED) is 0.361. The van der Waals surface area contributed by atoms with Gasteiger partial charge < -0.3 is 15.8 Å². The van der Waals surface area contributed by atoms with Gasteiger partial charge in [0, 0.05) is 24.8 Å². The highest BCUT2D eigenvalue weighted by molar-refractivity contribution is 5.97. The van der Waals surface area contributed by atoms with Crippen LogP contribution in [0.3, 0.4) is 0 Å². The Hall–Kier alpha value is -1.78. The van der Waals surface area contributed by atoms with Crippen molar-refractivity contribution in [1.29, 1.82) is 0 Å². The van der Waals surface area contributed by atoms with Crippen molar-refractivity contribution in [3.05, 3.63) is 23.9 Å². The predicted octanol–water partition coefficient (Wildman–Crippen LogP) is 1.66. The van der Waals surface area contributed by atoms with Crippen molar-refractivity contribution < 1.29 is 5.21 Å². The minimum Gasteiger partial charge on any atom is -0.409 e. The maximum Gasteiger partial charge on any atom is 0.170 e. The van der Waals surface area contributed by atoms with Crippen molar-refractivity contribution in [2.75, 3.05) is 18.0 Å². The van der Waals surface area contributed by atoms with Crippen molar-refractivity contribution in [2.24, 2.45) is 22.7 Å². The van der Waals surface area contributed by atoms with Gasteiger partial charge in [0.15, 0.2) is 5.84 Å². The summed E-state index contributed by atoms with van der Waals surface area (Å²) in [7, 11) is 0. The minimum atomic E-state index is 0.122. The Labute approximate surface area is 107 Å². The van der Waals surface area contributed by atoms with E-state index in [0.29, 0.717) is 17.4 Å². The van der Waals surface area contributed by atoms with Gasteiger partial charge in [-0.05, 0) is 30.4 Å². The molecule has 1 fully saturated rings. The molecule has 2 unspecified atom stereocenters. The molecule has 1 aliphatic heterocycles. The van der Waals surface area contributed by atoms with E-state index in [-0.39, 0.29) is 5.84 Å². The highest BCUT2D eigenvalue weighted by Crippen LogP contribution is 2.25. The van der Waals surface area contributed by atoms with E-state index >= 15 is 0 Å². The summed E-state index contributed by atoms with van der Waals surface area (Å²) < 4.78 is 0. The molecule has 0 radical (unpaired) electrons. The van der Waals surface area contributed by atoms with Crippen LogP contribution in [-0.2, 0) is 0 Å². The Kier molecular flexibility index (Phi) is 3.69. The van der Waals surface area contributed by atoms with Crippen molar-refractivity contribution in [3.63, 3.8) is 0 Å². The molecule has 2 rings (SSSR count). The van der Waals surface area contributed by atoms with Crippen molar-refractivity contribution in [1.82, 2.24) is 4.98 Å². The van der Waals surface area contributed by atoms with E-state index in [1.807, 2.05) is 6.07 Å². The van der Waals surface area contributed by atoms with Gasteiger partial charge in [0.2, 0.25) is 0 Å². The topological polar surface area (TPSA) is 74.7 Å². The highest BCUT2D eigenvalue weighted by Gasteiger charge is 2.22. The number of piperidine rings is 1. The standard InChI is InChI=1S/C13H20N4O/c1-9-5-10(2)8-17(7-9)12-6-11(3-4-15-12)13(14)16-18/h3-4,6,9-10,18H,5,7-8H2,1-2H3,(H2,14,16). The van der Waals surface area contributed by atoms with Crippen LogP contribution in [0.5, 0.6) is 0 Å². The number of anilines is 1. The summed E-state index contributed by atoms with van der Waals surface area (Å²) in [5, 5.41) is 11.7. The fraction of sp³-hybridized carbons (Fsp3) is 0.538. The maximum absolute atomic E-state index is 8.70. The molecular weight excluding hydrogens is 228 g/mol. The zero-order chi connectivity index (χ0) is 13.1. The van der Waals surface area contributed by atoms with Crippen LogP contribution in [0.4, 0.5) is 5.82 Å². The van der Waals surface area contributed by atoms with E-state index < -0.39 is 0 Å². The molecular formula is C13H20N4O. The second-order valence-electron chi connectivity index (χ2n) is 5.24. The monoisotopic (exact) mass is 248 g/mol. The Morgan fingerprint density at radius 3 is 2.72 bits per heavy atom.